The normalized spacial score (nSPS) is 16.1. The van der Waals surface area contributed by atoms with E-state index < -0.39 is 0 Å². The number of rotatable bonds is 1. The van der Waals surface area contributed by atoms with Gasteiger partial charge in [-0.05, 0) is 28.1 Å². The van der Waals surface area contributed by atoms with Gasteiger partial charge in [0.05, 0.1) is 23.8 Å². The molecule has 0 bridgehead atoms. The van der Waals surface area contributed by atoms with E-state index in [-0.39, 0.29) is 5.91 Å². The summed E-state index contributed by atoms with van der Waals surface area (Å²) < 4.78 is 6.76. The molecule has 1 fully saturated rings. The minimum Gasteiger partial charge on any atom is -0.378 e. The number of hydrogen-bond acceptors (Lipinski definition) is 2. The predicted octanol–water partition coefficient (Wildman–Crippen LogP) is 3.34. The fourth-order valence-electron chi connectivity index (χ4n) is 1.65. The highest BCUT2D eigenvalue weighted by molar-refractivity contribution is 9.11. The summed E-state index contributed by atoms with van der Waals surface area (Å²) in [7, 11) is 0. The predicted molar refractivity (Wildman–Crippen MR) is 73.6 cm³/mol. The number of benzene rings is 1. The van der Waals surface area contributed by atoms with Crippen LogP contribution in [-0.4, -0.2) is 37.1 Å². The van der Waals surface area contributed by atoms with Gasteiger partial charge in [0.2, 0.25) is 0 Å². The molecule has 1 aliphatic heterocycles. The molecule has 0 unspecified atom stereocenters. The van der Waals surface area contributed by atoms with Gasteiger partial charge in [-0.3, -0.25) is 4.79 Å². The molecule has 6 heteroatoms. The molecule has 1 aliphatic rings. The van der Waals surface area contributed by atoms with Crippen LogP contribution < -0.4 is 0 Å². The first-order valence-corrected chi connectivity index (χ1v) is 7.07. The van der Waals surface area contributed by atoms with Gasteiger partial charge >= 0.3 is 0 Å². The minimum absolute atomic E-state index is 0.0553. The molecule has 1 amide bonds. The van der Waals surface area contributed by atoms with Crippen molar-refractivity contribution < 1.29 is 9.53 Å². The van der Waals surface area contributed by atoms with Crippen LogP contribution in [-0.2, 0) is 4.74 Å². The van der Waals surface area contributed by atoms with Gasteiger partial charge in [-0.1, -0.05) is 27.5 Å². The van der Waals surface area contributed by atoms with Crippen LogP contribution in [0.4, 0.5) is 0 Å². The van der Waals surface area contributed by atoms with Crippen LogP contribution in [0.1, 0.15) is 10.4 Å². The molecule has 2 rings (SSSR count). The first-order valence-electron chi connectivity index (χ1n) is 5.11. The smallest absolute Gasteiger partial charge is 0.255 e. The fourth-order valence-corrected chi connectivity index (χ4v) is 3.06. The van der Waals surface area contributed by atoms with Gasteiger partial charge in [0, 0.05) is 22.0 Å². The lowest BCUT2D eigenvalue weighted by molar-refractivity contribution is 0.0303. The number of ether oxygens (including phenoxy) is 1. The number of nitrogens with zero attached hydrogens (tertiary/aromatic N) is 1. The third-order valence-electron chi connectivity index (χ3n) is 2.52. The second-order valence-corrected chi connectivity index (χ2v) is 5.80. The molecule has 1 saturated heterocycles. The van der Waals surface area contributed by atoms with Gasteiger partial charge < -0.3 is 9.64 Å². The largest absolute Gasteiger partial charge is 0.378 e. The molecule has 0 saturated carbocycles. The average molecular weight is 383 g/mol. The zero-order chi connectivity index (χ0) is 12.4. The summed E-state index contributed by atoms with van der Waals surface area (Å²) in [5.74, 6) is -0.0553. The summed E-state index contributed by atoms with van der Waals surface area (Å²) in [5, 5.41) is 0.449. The lowest BCUT2D eigenvalue weighted by Crippen LogP contribution is -2.40. The van der Waals surface area contributed by atoms with Gasteiger partial charge in [0.25, 0.3) is 5.91 Å². The summed E-state index contributed by atoms with van der Waals surface area (Å²) in [5.41, 5.74) is 0.509. The molecule has 1 aromatic rings. The zero-order valence-electron chi connectivity index (χ0n) is 8.88. The van der Waals surface area contributed by atoms with Crippen molar-refractivity contribution in [2.45, 2.75) is 0 Å². The lowest BCUT2D eigenvalue weighted by Gasteiger charge is -2.27. The summed E-state index contributed by atoms with van der Waals surface area (Å²) in [6.45, 7) is 2.38. The van der Waals surface area contributed by atoms with Gasteiger partial charge in [-0.15, -0.1) is 0 Å². The molecule has 0 atom stereocenters. The van der Waals surface area contributed by atoms with Crippen LogP contribution in [0, 0.1) is 0 Å². The first-order chi connectivity index (χ1) is 8.09. The molecule has 0 radical (unpaired) electrons. The first kappa shape index (κ1) is 13.3. The molecule has 3 nitrogen and oxygen atoms in total. The third-order valence-corrected chi connectivity index (χ3v) is 4.24. The second kappa shape index (κ2) is 5.69. The molecule has 1 heterocycles. The van der Waals surface area contributed by atoms with Gasteiger partial charge in [0.1, 0.15) is 0 Å². The van der Waals surface area contributed by atoms with Crippen LogP contribution in [0.5, 0.6) is 0 Å². The molecule has 0 spiro atoms. The molecule has 92 valence electrons. The quantitative estimate of drug-likeness (QED) is 0.696. The van der Waals surface area contributed by atoms with Crippen molar-refractivity contribution in [3.63, 3.8) is 0 Å². The van der Waals surface area contributed by atoms with Crippen molar-refractivity contribution in [3.8, 4) is 0 Å². The highest BCUT2D eigenvalue weighted by Gasteiger charge is 2.22. The van der Waals surface area contributed by atoms with E-state index in [1.54, 1.807) is 11.0 Å². The number of carbonyl (C=O) groups excluding carboxylic acids is 1. The Morgan fingerprint density at radius 1 is 1.29 bits per heavy atom. The molecule has 0 N–H and O–H groups in total. The van der Waals surface area contributed by atoms with Crippen molar-refractivity contribution in [2.24, 2.45) is 0 Å². The number of morpholine rings is 1. The average Bonchev–Trinajstić information content (AvgIpc) is 2.34. The molecular weight excluding hydrogens is 373 g/mol. The second-order valence-electron chi connectivity index (χ2n) is 3.65. The van der Waals surface area contributed by atoms with Crippen molar-refractivity contribution in [2.75, 3.05) is 26.3 Å². The van der Waals surface area contributed by atoms with Crippen LogP contribution in [0.15, 0.2) is 21.1 Å². The van der Waals surface area contributed by atoms with E-state index in [4.69, 9.17) is 16.3 Å². The van der Waals surface area contributed by atoms with E-state index in [0.717, 1.165) is 4.47 Å². The number of carbonyl (C=O) groups is 1. The summed E-state index contributed by atoms with van der Waals surface area (Å²) >= 11 is 12.8. The molecule has 0 aliphatic carbocycles. The Labute approximate surface area is 121 Å². The summed E-state index contributed by atoms with van der Waals surface area (Å²) in [6.07, 6.45) is 0. The van der Waals surface area contributed by atoms with E-state index >= 15 is 0 Å². The minimum atomic E-state index is -0.0553. The maximum absolute atomic E-state index is 12.3. The zero-order valence-corrected chi connectivity index (χ0v) is 12.8. The number of halogens is 3. The summed E-state index contributed by atoms with van der Waals surface area (Å²) in [4.78, 5) is 14.0. The van der Waals surface area contributed by atoms with E-state index in [0.29, 0.717) is 41.4 Å². The Kier molecular flexibility index (Phi) is 4.47. The number of amides is 1. The highest BCUT2D eigenvalue weighted by Crippen LogP contribution is 2.31. The van der Waals surface area contributed by atoms with Crippen molar-refractivity contribution >= 4 is 49.4 Å². The molecule has 1 aromatic carbocycles. The Balaban J connectivity index is 2.29. The van der Waals surface area contributed by atoms with Crippen molar-refractivity contribution in [1.29, 1.82) is 0 Å². The molecule has 0 aromatic heterocycles. The van der Waals surface area contributed by atoms with Gasteiger partial charge in [-0.25, -0.2) is 0 Å². The standard InChI is InChI=1S/C11H10Br2ClNO2/c12-7-5-8(10(14)9(13)6-7)11(16)15-1-3-17-4-2-15/h5-6H,1-4H2. The maximum Gasteiger partial charge on any atom is 0.255 e. The highest BCUT2D eigenvalue weighted by atomic mass is 79.9. The molecule has 17 heavy (non-hydrogen) atoms. The van der Waals surface area contributed by atoms with E-state index in [1.165, 1.54) is 0 Å². The SMILES string of the molecule is O=C(c1cc(Br)cc(Br)c1Cl)N1CCOCC1. The Hall–Kier alpha value is -0.100. The third kappa shape index (κ3) is 3.02. The van der Waals surface area contributed by atoms with Crippen LogP contribution in [0.25, 0.3) is 0 Å². The number of hydrogen-bond donors (Lipinski definition) is 0. The Morgan fingerprint density at radius 3 is 2.59 bits per heavy atom. The van der Waals surface area contributed by atoms with Gasteiger partial charge in [-0.2, -0.15) is 0 Å². The van der Waals surface area contributed by atoms with Crippen LogP contribution in [0.2, 0.25) is 5.02 Å². The van der Waals surface area contributed by atoms with Crippen LogP contribution in [0.3, 0.4) is 0 Å². The maximum atomic E-state index is 12.3. The molecular formula is C11H10Br2ClNO2. The van der Waals surface area contributed by atoms with Gasteiger partial charge in [0.15, 0.2) is 0 Å². The topological polar surface area (TPSA) is 29.5 Å². The van der Waals surface area contributed by atoms with E-state index in [1.807, 2.05) is 6.07 Å². The van der Waals surface area contributed by atoms with E-state index in [2.05, 4.69) is 31.9 Å². The Morgan fingerprint density at radius 2 is 1.94 bits per heavy atom. The summed E-state index contributed by atoms with van der Waals surface area (Å²) in [6, 6.07) is 3.56. The lowest BCUT2D eigenvalue weighted by atomic mass is 10.2. The van der Waals surface area contributed by atoms with Crippen molar-refractivity contribution in [3.05, 3.63) is 31.7 Å². The monoisotopic (exact) mass is 381 g/mol. The van der Waals surface area contributed by atoms with E-state index in [9.17, 15) is 4.79 Å². The fraction of sp³-hybridized carbons (Fsp3) is 0.364. The van der Waals surface area contributed by atoms with Crippen LogP contribution >= 0.6 is 43.5 Å². The Bertz CT molecular complexity index is 447. The van der Waals surface area contributed by atoms with Crippen molar-refractivity contribution in [1.82, 2.24) is 4.90 Å².